The van der Waals surface area contributed by atoms with E-state index in [4.69, 9.17) is 0 Å². The molecule has 1 unspecified atom stereocenters. The Bertz CT molecular complexity index is 447. The highest BCUT2D eigenvalue weighted by atomic mass is 32.1. The van der Waals surface area contributed by atoms with E-state index in [1.807, 2.05) is 11.3 Å². The van der Waals surface area contributed by atoms with Crippen molar-refractivity contribution in [3.8, 4) is 0 Å². The van der Waals surface area contributed by atoms with Gasteiger partial charge in [0.15, 0.2) is 0 Å². The van der Waals surface area contributed by atoms with E-state index in [0.717, 1.165) is 18.4 Å². The SMILES string of the molecule is CCNC(c1sc(C)cc1C)C1CCC(C(C)(C)C)CC1. The molecule has 120 valence electrons. The van der Waals surface area contributed by atoms with Crippen LogP contribution in [0, 0.1) is 31.1 Å². The third kappa shape index (κ3) is 4.10. The number of hydrogen-bond donors (Lipinski definition) is 1. The molecule has 0 bridgehead atoms. The van der Waals surface area contributed by atoms with Crippen LogP contribution in [0.15, 0.2) is 6.07 Å². The fourth-order valence-corrected chi connectivity index (χ4v) is 5.19. The van der Waals surface area contributed by atoms with Crippen LogP contribution in [0.25, 0.3) is 0 Å². The van der Waals surface area contributed by atoms with Gasteiger partial charge in [0.2, 0.25) is 0 Å². The van der Waals surface area contributed by atoms with Crippen LogP contribution >= 0.6 is 11.3 Å². The first-order chi connectivity index (χ1) is 9.82. The predicted octanol–water partition coefficient (Wildman–Crippen LogP) is 5.87. The molecule has 1 aliphatic carbocycles. The molecule has 0 aromatic carbocycles. The van der Waals surface area contributed by atoms with E-state index < -0.39 is 0 Å². The Morgan fingerprint density at radius 1 is 1.19 bits per heavy atom. The van der Waals surface area contributed by atoms with E-state index in [-0.39, 0.29) is 0 Å². The van der Waals surface area contributed by atoms with Crippen molar-refractivity contribution in [3.63, 3.8) is 0 Å². The monoisotopic (exact) mass is 307 g/mol. The number of nitrogens with one attached hydrogen (secondary N) is 1. The van der Waals surface area contributed by atoms with Gasteiger partial charge in [0, 0.05) is 15.8 Å². The smallest absolute Gasteiger partial charge is 0.0446 e. The second-order valence-electron chi connectivity index (χ2n) is 7.92. The van der Waals surface area contributed by atoms with Gasteiger partial charge >= 0.3 is 0 Å². The number of hydrogen-bond acceptors (Lipinski definition) is 2. The van der Waals surface area contributed by atoms with Gasteiger partial charge < -0.3 is 5.32 Å². The normalized spacial score (nSPS) is 25.0. The van der Waals surface area contributed by atoms with E-state index in [2.05, 4.69) is 52.9 Å². The van der Waals surface area contributed by atoms with E-state index in [1.165, 1.54) is 36.1 Å². The zero-order valence-electron chi connectivity index (χ0n) is 14.8. The van der Waals surface area contributed by atoms with E-state index >= 15 is 0 Å². The van der Waals surface area contributed by atoms with Gasteiger partial charge in [-0.1, -0.05) is 27.7 Å². The summed E-state index contributed by atoms with van der Waals surface area (Å²) >= 11 is 2.00. The highest BCUT2D eigenvalue weighted by Gasteiger charge is 2.34. The third-order valence-electron chi connectivity index (χ3n) is 5.25. The zero-order chi connectivity index (χ0) is 15.6. The molecule has 0 amide bonds. The molecule has 1 saturated carbocycles. The molecule has 1 aliphatic rings. The minimum absolute atomic E-state index is 0.480. The lowest BCUT2D eigenvalue weighted by Gasteiger charge is -2.39. The Morgan fingerprint density at radius 2 is 1.81 bits per heavy atom. The molecular weight excluding hydrogens is 274 g/mol. The van der Waals surface area contributed by atoms with Crippen molar-refractivity contribution < 1.29 is 0 Å². The maximum Gasteiger partial charge on any atom is 0.0446 e. The predicted molar refractivity (Wildman–Crippen MR) is 95.1 cm³/mol. The largest absolute Gasteiger partial charge is 0.309 e. The molecule has 1 aromatic heterocycles. The molecule has 1 aromatic rings. The standard InChI is InChI=1S/C19H33NS/c1-7-20-17(18-13(2)12-14(3)21-18)15-8-10-16(11-9-15)19(4,5)6/h12,15-17,20H,7-11H2,1-6H3. The molecule has 2 heteroatoms. The molecule has 21 heavy (non-hydrogen) atoms. The topological polar surface area (TPSA) is 12.0 Å². The van der Waals surface area contributed by atoms with Gasteiger partial charge in [-0.3, -0.25) is 0 Å². The van der Waals surface area contributed by atoms with Gasteiger partial charge in [0.25, 0.3) is 0 Å². The lowest BCUT2D eigenvalue weighted by Crippen LogP contribution is -2.33. The fraction of sp³-hybridized carbons (Fsp3) is 0.789. The first-order valence-corrected chi connectivity index (χ1v) is 9.45. The second-order valence-corrected chi connectivity index (χ2v) is 9.21. The van der Waals surface area contributed by atoms with Gasteiger partial charge in [-0.2, -0.15) is 0 Å². The summed E-state index contributed by atoms with van der Waals surface area (Å²) < 4.78 is 0. The Hall–Kier alpha value is -0.340. The maximum atomic E-state index is 3.79. The maximum absolute atomic E-state index is 3.79. The van der Waals surface area contributed by atoms with E-state index in [9.17, 15) is 0 Å². The highest BCUT2D eigenvalue weighted by Crippen LogP contribution is 2.44. The Balaban J connectivity index is 2.09. The van der Waals surface area contributed by atoms with Crippen molar-refractivity contribution in [2.75, 3.05) is 6.54 Å². The summed E-state index contributed by atoms with van der Waals surface area (Å²) in [5.41, 5.74) is 1.97. The molecule has 1 atom stereocenters. The Labute approximate surface area is 135 Å². The van der Waals surface area contributed by atoms with Crippen LogP contribution in [0.1, 0.15) is 74.7 Å². The summed E-state index contributed by atoms with van der Waals surface area (Å²) in [5.74, 6) is 1.72. The van der Waals surface area contributed by atoms with Crippen LogP contribution in [0.4, 0.5) is 0 Å². The van der Waals surface area contributed by atoms with Crippen LogP contribution in [-0.2, 0) is 0 Å². The van der Waals surface area contributed by atoms with E-state index in [0.29, 0.717) is 11.5 Å². The minimum Gasteiger partial charge on any atom is -0.309 e. The molecule has 0 spiro atoms. The van der Waals surface area contributed by atoms with Crippen molar-refractivity contribution in [3.05, 3.63) is 21.4 Å². The molecule has 1 fully saturated rings. The third-order valence-corrected chi connectivity index (χ3v) is 6.49. The molecular formula is C19H33NS. The van der Waals surface area contributed by atoms with Crippen LogP contribution in [-0.4, -0.2) is 6.54 Å². The summed E-state index contributed by atoms with van der Waals surface area (Å²) in [4.78, 5) is 3.04. The van der Waals surface area contributed by atoms with Gasteiger partial charge in [0.1, 0.15) is 0 Å². The molecule has 2 rings (SSSR count). The molecule has 0 radical (unpaired) electrons. The summed E-state index contributed by atoms with van der Waals surface area (Å²) in [7, 11) is 0. The van der Waals surface area contributed by atoms with Crippen molar-refractivity contribution >= 4 is 11.3 Å². The average Bonchev–Trinajstić information content (AvgIpc) is 2.74. The van der Waals surface area contributed by atoms with Crippen LogP contribution in [0.5, 0.6) is 0 Å². The second kappa shape index (κ2) is 6.83. The van der Waals surface area contributed by atoms with Crippen molar-refractivity contribution in [1.29, 1.82) is 0 Å². The van der Waals surface area contributed by atoms with Crippen molar-refractivity contribution in [2.45, 2.75) is 73.3 Å². The summed E-state index contributed by atoms with van der Waals surface area (Å²) in [5, 5.41) is 3.79. The zero-order valence-corrected chi connectivity index (χ0v) is 15.6. The summed E-state index contributed by atoms with van der Waals surface area (Å²) in [6.07, 6.45) is 5.57. The number of aryl methyl sites for hydroxylation is 2. The fourth-order valence-electron chi connectivity index (χ4n) is 3.98. The Kier molecular flexibility index (Phi) is 5.54. The van der Waals surface area contributed by atoms with Crippen LogP contribution in [0.3, 0.4) is 0 Å². The quantitative estimate of drug-likeness (QED) is 0.733. The summed E-state index contributed by atoms with van der Waals surface area (Å²) in [6.45, 7) is 15.1. The molecule has 1 N–H and O–H groups in total. The van der Waals surface area contributed by atoms with Crippen LogP contribution in [0.2, 0.25) is 0 Å². The minimum atomic E-state index is 0.480. The number of rotatable bonds is 4. The van der Waals surface area contributed by atoms with Crippen molar-refractivity contribution in [1.82, 2.24) is 5.32 Å². The molecule has 0 saturated heterocycles. The average molecular weight is 308 g/mol. The first-order valence-electron chi connectivity index (χ1n) is 8.63. The van der Waals surface area contributed by atoms with E-state index in [1.54, 1.807) is 4.88 Å². The summed E-state index contributed by atoms with van der Waals surface area (Å²) in [6, 6.07) is 2.93. The van der Waals surface area contributed by atoms with Gasteiger partial charge in [-0.15, -0.1) is 11.3 Å². The molecule has 1 heterocycles. The van der Waals surface area contributed by atoms with Crippen molar-refractivity contribution in [2.24, 2.45) is 17.3 Å². The lowest BCUT2D eigenvalue weighted by atomic mass is 9.68. The number of thiophene rings is 1. The van der Waals surface area contributed by atoms with Gasteiger partial charge in [0.05, 0.1) is 0 Å². The molecule has 0 aliphatic heterocycles. The Morgan fingerprint density at radius 3 is 2.24 bits per heavy atom. The first kappa shape index (κ1) is 17.0. The highest BCUT2D eigenvalue weighted by molar-refractivity contribution is 7.12. The lowest BCUT2D eigenvalue weighted by molar-refractivity contribution is 0.133. The van der Waals surface area contributed by atoms with Gasteiger partial charge in [-0.05, 0) is 75.0 Å². The molecule has 1 nitrogen and oxygen atoms in total. The van der Waals surface area contributed by atoms with Gasteiger partial charge in [-0.25, -0.2) is 0 Å². The van der Waals surface area contributed by atoms with Crippen LogP contribution < -0.4 is 5.32 Å².